The van der Waals surface area contributed by atoms with Crippen LogP contribution in [0.5, 0.6) is 0 Å². The first-order valence-corrected chi connectivity index (χ1v) is 11.5. The number of aromatic nitrogens is 1. The number of rotatable bonds is 6. The standard InChI is InChI=1S/C21H29N3O4S/c1-5-29(26,27)24-12-6-11-21(15-24,20(25)23(3)4)14-18-13-19(22-28-18)17-9-7-16(2)8-10-17/h7-10,13H,5-6,11-12,14-15H2,1-4H3/t21-/m0/s1. The van der Waals surface area contributed by atoms with E-state index in [-0.39, 0.29) is 18.2 Å². The summed E-state index contributed by atoms with van der Waals surface area (Å²) in [6, 6.07) is 9.83. The summed E-state index contributed by atoms with van der Waals surface area (Å²) in [4.78, 5) is 14.7. The number of amides is 1. The van der Waals surface area contributed by atoms with Gasteiger partial charge in [-0.2, -0.15) is 0 Å². The van der Waals surface area contributed by atoms with E-state index in [1.807, 2.05) is 37.3 Å². The highest BCUT2D eigenvalue weighted by molar-refractivity contribution is 7.89. The molecule has 1 saturated heterocycles. The van der Waals surface area contributed by atoms with Gasteiger partial charge in [0, 0.05) is 45.2 Å². The number of carbonyl (C=O) groups excluding carboxylic acids is 1. The predicted octanol–water partition coefficient (Wildman–Crippen LogP) is 2.71. The number of piperidine rings is 1. The Morgan fingerprint density at radius 3 is 2.59 bits per heavy atom. The second-order valence-electron chi connectivity index (χ2n) is 8.04. The van der Waals surface area contributed by atoms with Crippen molar-refractivity contribution < 1.29 is 17.7 Å². The van der Waals surface area contributed by atoms with Crippen molar-refractivity contribution >= 4 is 15.9 Å². The Balaban J connectivity index is 1.91. The van der Waals surface area contributed by atoms with Crippen LogP contribution in [0.3, 0.4) is 0 Å². The van der Waals surface area contributed by atoms with E-state index in [9.17, 15) is 13.2 Å². The summed E-state index contributed by atoms with van der Waals surface area (Å²) >= 11 is 0. The molecule has 1 aromatic carbocycles. The zero-order valence-corrected chi connectivity index (χ0v) is 18.3. The topological polar surface area (TPSA) is 83.7 Å². The van der Waals surface area contributed by atoms with Gasteiger partial charge in [-0.3, -0.25) is 4.79 Å². The fourth-order valence-electron chi connectivity index (χ4n) is 3.97. The first kappa shape index (κ1) is 21.5. The highest BCUT2D eigenvalue weighted by atomic mass is 32.2. The van der Waals surface area contributed by atoms with Crippen molar-refractivity contribution in [3.05, 3.63) is 41.7 Å². The molecule has 158 valence electrons. The van der Waals surface area contributed by atoms with Gasteiger partial charge in [-0.15, -0.1) is 0 Å². The van der Waals surface area contributed by atoms with Crippen LogP contribution in [0, 0.1) is 12.3 Å². The van der Waals surface area contributed by atoms with Crippen LogP contribution in [0.15, 0.2) is 34.9 Å². The zero-order valence-electron chi connectivity index (χ0n) is 17.5. The summed E-state index contributed by atoms with van der Waals surface area (Å²) in [5.41, 5.74) is 1.96. The van der Waals surface area contributed by atoms with Crippen LogP contribution in [0.4, 0.5) is 0 Å². The maximum Gasteiger partial charge on any atom is 0.230 e. The molecule has 0 N–H and O–H groups in total. The molecule has 1 aliphatic heterocycles. The minimum Gasteiger partial charge on any atom is -0.361 e. The molecule has 1 amide bonds. The molecule has 3 rings (SSSR count). The average molecular weight is 420 g/mol. The number of hydrogen-bond acceptors (Lipinski definition) is 5. The van der Waals surface area contributed by atoms with Crippen LogP contribution in [-0.4, -0.2) is 61.6 Å². The van der Waals surface area contributed by atoms with Crippen molar-refractivity contribution in [2.75, 3.05) is 32.9 Å². The molecule has 0 unspecified atom stereocenters. The lowest BCUT2D eigenvalue weighted by atomic mass is 9.75. The molecule has 1 aliphatic rings. The Kier molecular flexibility index (Phi) is 6.14. The second kappa shape index (κ2) is 8.28. The molecule has 1 fully saturated rings. The Labute approximate surface area is 172 Å². The van der Waals surface area contributed by atoms with Crippen LogP contribution >= 0.6 is 0 Å². The summed E-state index contributed by atoms with van der Waals surface area (Å²) in [6.45, 7) is 4.27. The van der Waals surface area contributed by atoms with E-state index in [0.29, 0.717) is 37.3 Å². The van der Waals surface area contributed by atoms with E-state index < -0.39 is 15.4 Å². The van der Waals surface area contributed by atoms with E-state index in [0.717, 1.165) is 11.1 Å². The van der Waals surface area contributed by atoms with E-state index in [1.54, 1.807) is 25.9 Å². The first-order valence-electron chi connectivity index (χ1n) is 9.89. The highest BCUT2D eigenvalue weighted by Gasteiger charge is 2.46. The van der Waals surface area contributed by atoms with Gasteiger partial charge in [-0.05, 0) is 26.7 Å². The fourth-order valence-corrected chi connectivity index (χ4v) is 5.18. The quantitative estimate of drug-likeness (QED) is 0.719. The average Bonchev–Trinajstić information content (AvgIpc) is 3.16. The molecule has 8 heteroatoms. The molecule has 0 spiro atoms. The molecule has 0 aliphatic carbocycles. The molecular weight excluding hydrogens is 390 g/mol. The van der Waals surface area contributed by atoms with Gasteiger partial charge in [0.2, 0.25) is 15.9 Å². The van der Waals surface area contributed by atoms with E-state index in [1.165, 1.54) is 4.31 Å². The smallest absolute Gasteiger partial charge is 0.230 e. The van der Waals surface area contributed by atoms with Crippen LogP contribution in [0.25, 0.3) is 11.3 Å². The Hall–Kier alpha value is -2.19. The third kappa shape index (κ3) is 4.53. The van der Waals surface area contributed by atoms with Crippen molar-refractivity contribution in [1.82, 2.24) is 14.4 Å². The lowest BCUT2D eigenvalue weighted by Gasteiger charge is -2.41. The van der Waals surface area contributed by atoms with Gasteiger partial charge in [-0.1, -0.05) is 35.0 Å². The molecule has 2 heterocycles. The highest BCUT2D eigenvalue weighted by Crippen LogP contribution is 2.37. The molecule has 0 saturated carbocycles. The Bertz CT molecular complexity index is 966. The van der Waals surface area contributed by atoms with Crippen LogP contribution in [0.1, 0.15) is 31.1 Å². The largest absolute Gasteiger partial charge is 0.361 e. The van der Waals surface area contributed by atoms with Gasteiger partial charge in [-0.25, -0.2) is 12.7 Å². The van der Waals surface area contributed by atoms with Gasteiger partial charge in [0.1, 0.15) is 11.5 Å². The molecule has 7 nitrogen and oxygen atoms in total. The third-order valence-corrected chi connectivity index (χ3v) is 7.41. The zero-order chi connectivity index (χ0) is 21.2. The number of benzene rings is 1. The van der Waals surface area contributed by atoms with Gasteiger partial charge in [0.25, 0.3) is 0 Å². The Morgan fingerprint density at radius 1 is 1.28 bits per heavy atom. The van der Waals surface area contributed by atoms with Crippen molar-refractivity contribution in [2.45, 2.75) is 33.1 Å². The van der Waals surface area contributed by atoms with E-state index in [4.69, 9.17) is 4.52 Å². The van der Waals surface area contributed by atoms with Gasteiger partial charge in [0.15, 0.2) is 0 Å². The number of nitrogens with zero attached hydrogens (tertiary/aromatic N) is 3. The van der Waals surface area contributed by atoms with Gasteiger partial charge in [0.05, 0.1) is 11.2 Å². The molecule has 29 heavy (non-hydrogen) atoms. The monoisotopic (exact) mass is 419 g/mol. The summed E-state index contributed by atoms with van der Waals surface area (Å²) in [5, 5.41) is 4.17. The fraction of sp³-hybridized carbons (Fsp3) is 0.524. The number of sulfonamides is 1. The summed E-state index contributed by atoms with van der Waals surface area (Å²) in [7, 11) is 0.0384. The predicted molar refractivity (Wildman–Crippen MR) is 112 cm³/mol. The third-order valence-electron chi connectivity index (χ3n) is 5.58. The molecule has 1 aromatic heterocycles. The SMILES string of the molecule is CCS(=O)(=O)N1CCC[C@@](Cc2cc(-c3ccc(C)cc3)no2)(C(=O)N(C)C)C1. The van der Waals surface area contributed by atoms with Crippen LogP contribution in [0.2, 0.25) is 0 Å². The minimum atomic E-state index is -3.37. The lowest BCUT2D eigenvalue weighted by molar-refractivity contribution is -0.142. The van der Waals surface area contributed by atoms with E-state index in [2.05, 4.69) is 5.16 Å². The summed E-state index contributed by atoms with van der Waals surface area (Å²) in [6.07, 6.45) is 1.57. The molecule has 1 atom stereocenters. The first-order chi connectivity index (χ1) is 13.7. The van der Waals surface area contributed by atoms with Crippen molar-refractivity contribution in [2.24, 2.45) is 5.41 Å². The normalized spacial score (nSPS) is 20.6. The van der Waals surface area contributed by atoms with Crippen molar-refractivity contribution in [3.8, 4) is 11.3 Å². The molecular formula is C21H29N3O4S. The summed E-state index contributed by atoms with van der Waals surface area (Å²) < 4.78 is 32.0. The molecule has 2 aromatic rings. The maximum absolute atomic E-state index is 13.1. The summed E-state index contributed by atoms with van der Waals surface area (Å²) in [5.74, 6) is 0.535. The molecule has 0 bridgehead atoms. The Morgan fingerprint density at radius 2 is 1.97 bits per heavy atom. The lowest BCUT2D eigenvalue weighted by Crippen LogP contribution is -2.54. The number of hydrogen-bond donors (Lipinski definition) is 0. The minimum absolute atomic E-state index is 0.0269. The van der Waals surface area contributed by atoms with Gasteiger partial charge >= 0.3 is 0 Å². The van der Waals surface area contributed by atoms with Crippen molar-refractivity contribution in [3.63, 3.8) is 0 Å². The maximum atomic E-state index is 13.1. The van der Waals surface area contributed by atoms with E-state index >= 15 is 0 Å². The van der Waals surface area contributed by atoms with Crippen molar-refractivity contribution in [1.29, 1.82) is 0 Å². The van der Waals surface area contributed by atoms with Crippen LogP contribution < -0.4 is 0 Å². The van der Waals surface area contributed by atoms with Crippen LogP contribution in [-0.2, 0) is 21.2 Å². The van der Waals surface area contributed by atoms with Gasteiger partial charge < -0.3 is 9.42 Å². The second-order valence-corrected chi connectivity index (χ2v) is 10.3. The number of carbonyl (C=O) groups is 1. The number of aryl methyl sites for hydroxylation is 1. The molecule has 0 radical (unpaired) electrons.